The molecule has 120 valence electrons. The third-order valence-corrected chi connectivity index (χ3v) is 4.00. The second kappa shape index (κ2) is 7.65. The molecule has 0 unspecified atom stereocenters. The molecule has 23 heavy (non-hydrogen) atoms. The third kappa shape index (κ3) is 4.47. The monoisotopic (exact) mass is 351 g/mol. The molecule has 1 aromatic carbocycles. The number of benzene rings is 1. The van der Waals surface area contributed by atoms with E-state index in [9.17, 15) is 14.7 Å². The molecule has 0 saturated heterocycles. The normalized spacial score (nSPS) is 10.8. The van der Waals surface area contributed by atoms with Crippen LogP contribution in [0.1, 0.15) is 4.88 Å². The number of hydrogen-bond donors (Lipinski definition) is 3. The van der Waals surface area contributed by atoms with Gasteiger partial charge < -0.3 is 15.5 Å². The minimum absolute atomic E-state index is 0.0547. The lowest BCUT2D eigenvalue weighted by atomic mass is 10.3. The van der Waals surface area contributed by atoms with Crippen molar-refractivity contribution in [1.29, 1.82) is 0 Å². The number of carbonyl (C=O) groups is 2. The van der Waals surface area contributed by atoms with Gasteiger partial charge in [0.1, 0.15) is 18.0 Å². The molecule has 0 bridgehead atoms. The molecule has 1 amide bonds. The van der Waals surface area contributed by atoms with Crippen LogP contribution < -0.4 is 5.32 Å². The summed E-state index contributed by atoms with van der Waals surface area (Å²) in [5, 5.41) is 20.9. The Morgan fingerprint density at radius 2 is 2.04 bits per heavy atom. The fourth-order valence-electron chi connectivity index (χ4n) is 1.71. The number of nitrogens with zero attached hydrogens (tertiary/aromatic N) is 2. The predicted octanol–water partition coefficient (Wildman–Crippen LogP) is 1.59. The predicted molar refractivity (Wildman–Crippen MR) is 89.3 cm³/mol. The van der Waals surface area contributed by atoms with Crippen LogP contribution in [-0.4, -0.2) is 46.0 Å². The van der Waals surface area contributed by atoms with Gasteiger partial charge in [0, 0.05) is 6.21 Å². The lowest BCUT2D eigenvalue weighted by Gasteiger charge is -2.03. The number of aliphatic carboxylic acids is 1. The highest BCUT2D eigenvalue weighted by Crippen LogP contribution is 2.27. The van der Waals surface area contributed by atoms with Crippen molar-refractivity contribution < 1.29 is 19.8 Å². The second-order valence-corrected chi connectivity index (χ2v) is 6.04. The smallest absolute Gasteiger partial charge is 0.322 e. The molecule has 0 aliphatic heterocycles. The first-order valence-electron chi connectivity index (χ1n) is 6.47. The van der Waals surface area contributed by atoms with Crippen LogP contribution in [0.2, 0.25) is 0 Å². The minimum Gasteiger partial charge on any atom is -0.493 e. The number of rotatable bonds is 6. The highest BCUT2D eigenvalue weighted by Gasteiger charge is 2.11. The van der Waals surface area contributed by atoms with Crippen molar-refractivity contribution in [1.82, 2.24) is 9.88 Å². The van der Waals surface area contributed by atoms with Gasteiger partial charge in [-0.25, -0.2) is 0 Å². The second-order valence-electron chi connectivity index (χ2n) is 4.37. The van der Waals surface area contributed by atoms with E-state index in [0.717, 1.165) is 17.0 Å². The van der Waals surface area contributed by atoms with Gasteiger partial charge in [0.05, 0.1) is 5.69 Å². The van der Waals surface area contributed by atoms with Gasteiger partial charge in [-0.2, -0.15) is 0 Å². The van der Waals surface area contributed by atoms with Gasteiger partial charge in [-0.3, -0.25) is 19.1 Å². The van der Waals surface area contributed by atoms with E-state index in [-0.39, 0.29) is 12.4 Å². The van der Waals surface area contributed by atoms with E-state index in [1.54, 1.807) is 0 Å². The quantitative estimate of drug-likeness (QED) is 0.542. The summed E-state index contributed by atoms with van der Waals surface area (Å²) in [5.74, 6) is -1.70. The molecule has 2 rings (SSSR count). The van der Waals surface area contributed by atoms with E-state index in [4.69, 9.17) is 17.3 Å². The summed E-state index contributed by atoms with van der Waals surface area (Å²) in [7, 11) is 0. The van der Waals surface area contributed by atoms with Crippen LogP contribution in [0.3, 0.4) is 0 Å². The summed E-state index contributed by atoms with van der Waals surface area (Å²) < 4.78 is 1.96. The Balaban J connectivity index is 2.10. The molecule has 2 aromatic rings. The van der Waals surface area contributed by atoms with Crippen molar-refractivity contribution in [2.45, 2.75) is 0 Å². The number of carboxylic acid groups (broad SMARTS) is 1. The Morgan fingerprint density at radius 3 is 2.70 bits per heavy atom. The van der Waals surface area contributed by atoms with Gasteiger partial charge in [0.25, 0.3) is 0 Å². The van der Waals surface area contributed by atoms with Gasteiger partial charge in [0.2, 0.25) is 11.8 Å². The Kier molecular flexibility index (Phi) is 5.61. The fourth-order valence-corrected chi connectivity index (χ4v) is 2.95. The Bertz CT molecular complexity index is 796. The molecule has 1 heterocycles. The first-order valence-corrected chi connectivity index (χ1v) is 7.70. The van der Waals surface area contributed by atoms with E-state index < -0.39 is 18.4 Å². The number of carbonyl (C=O) groups excluding carboxylic acids is 1. The third-order valence-electron chi connectivity index (χ3n) is 2.71. The van der Waals surface area contributed by atoms with Crippen LogP contribution >= 0.6 is 23.6 Å². The van der Waals surface area contributed by atoms with Crippen molar-refractivity contribution in [3.05, 3.63) is 39.2 Å². The number of hydrogen-bond acceptors (Lipinski definition) is 6. The standard InChI is InChI=1S/C14H13N3O4S2/c18-11(16-8-12(19)20)7-15-6-10-13(21)17(14(22)23-10)9-4-2-1-3-5-9/h1-6,21H,7-8H2,(H,16,18)(H,19,20). The van der Waals surface area contributed by atoms with Crippen LogP contribution in [0.25, 0.3) is 5.69 Å². The number of carboxylic acids is 1. The first-order chi connectivity index (χ1) is 11.0. The van der Waals surface area contributed by atoms with Crippen LogP contribution in [0.4, 0.5) is 0 Å². The number of para-hydroxylation sites is 1. The van der Waals surface area contributed by atoms with Gasteiger partial charge >= 0.3 is 5.97 Å². The van der Waals surface area contributed by atoms with Gasteiger partial charge in [0.15, 0.2) is 3.95 Å². The maximum absolute atomic E-state index is 11.3. The lowest BCUT2D eigenvalue weighted by Crippen LogP contribution is -2.30. The van der Waals surface area contributed by atoms with Crippen molar-refractivity contribution in [2.75, 3.05) is 13.1 Å². The Hall–Kier alpha value is -2.52. The van der Waals surface area contributed by atoms with Crippen molar-refractivity contribution in [3.8, 4) is 11.6 Å². The van der Waals surface area contributed by atoms with Gasteiger partial charge in [-0.05, 0) is 24.4 Å². The SMILES string of the molecule is O=C(O)CNC(=O)CN=Cc1sc(=S)n(-c2ccccc2)c1O. The molecule has 9 heteroatoms. The first kappa shape index (κ1) is 16.8. The lowest BCUT2D eigenvalue weighted by molar-refractivity contribution is -0.137. The largest absolute Gasteiger partial charge is 0.493 e. The van der Waals surface area contributed by atoms with E-state index in [2.05, 4.69) is 10.3 Å². The zero-order valence-corrected chi connectivity index (χ0v) is 13.4. The molecular weight excluding hydrogens is 338 g/mol. The highest BCUT2D eigenvalue weighted by atomic mass is 32.1. The van der Waals surface area contributed by atoms with Crippen LogP contribution in [0.15, 0.2) is 35.3 Å². The molecule has 0 aliphatic rings. The number of thiazole rings is 1. The summed E-state index contributed by atoms with van der Waals surface area (Å²) in [4.78, 5) is 26.0. The molecule has 0 aliphatic carbocycles. The van der Waals surface area contributed by atoms with Crippen molar-refractivity contribution >= 4 is 41.6 Å². The molecule has 0 saturated carbocycles. The minimum atomic E-state index is -1.13. The topological polar surface area (TPSA) is 104 Å². The molecule has 0 spiro atoms. The van der Waals surface area contributed by atoms with Crippen molar-refractivity contribution in [3.63, 3.8) is 0 Å². The number of aromatic nitrogens is 1. The molecule has 0 atom stereocenters. The van der Waals surface area contributed by atoms with E-state index in [1.165, 1.54) is 10.8 Å². The summed E-state index contributed by atoms with van der Waals surface area (Å²) >= 11 is 6.39. The van der Waals surface area contributed by atoms with Crippen molar-refractivity contribution in [2.24, 2.45) is 4.99 Å². The number of amides is 1. The molecule has 7 nitrogen and oxygen atoms in total. The van der Waals surface area contributed by atoms with Crippen LogP contribution in [0, 0.1) is 3.95 Å². The van der Waals surface area contributed by atoms with E-state index in [0.29, 0.717) is 8.83 Å². The molecule has 3 N–H and O–H groups in total. The summed E-state index contributed by atoms with van der Waals surface area (Å²) in [5.41, 5.74) is 0.727. The highest BCUT2D eigenvalue weighted by molar-refractivity contribution is 7.73. The molecule has 0 fully saturated rings. The number of nitrogens with one attached hydrogen (secondary N) is 1. The Labute approximate surface area is 140 Å². The van der Waals surface area contributed by atoms with Gasteiger partial charge in [-0.1, -0.05) is 29.5 Å². The fraction of sp³-hybridized carbons (Fsp3) is 0.143. The van der Waals surface area contributed by atoms with Crippen LogP contribution in [-0.2, 0) is 9.59 Å². The summed E-state index contributed by atoms with van der Waals surface area (Å²) in [6.07, 6.45) is 1.34. The molecule has 1 aromatic heterocycles. The zero-order chi connectivity index (χ0) is 16.8. The van der Waals surface area contributed by atoms with Gasteiger partial charge in [-0.15, -0.1) is 0 Å². The molecule has 0 radical (unpaired) electrons. The van der Waals surface area contributed by atoms with Crippen LogP contribution in [0.5, 0.6) is 5.88 Å². The van der Waals surface area contributed by atoms with E-state index in [1.807, 2.05) is 30.3 Å². The average molecular weight is 351 g/mol. The molecular formula is C14H13N3O4S2. The maximum atomic E-state index is 11.3. The zero-order valence-electron chi connectivity index (χ0n) is 11.8. The maximum Gasteiger partial charge on any atom is 0.322 e. The number of aromatic hydroxyl groups is 1. The summed E-state index contributed by atoms with van der Waals surface area (Å²) in [6, 6.07) is 9.13. The Morgan fingerprint density at radius 1 is 1.35 bits per heavy atom. The summed E-state index contributed by atoms with van der Waals surface area (Å²) in [6.45, 7) is -0.689. The van der Waals surface area contributed by atoms with E-state index >= 15 is 0 Å². The number of aliphatic imine (C=N–C) groups is 1. The average Bonchev–Trinajstić information content (AvgIpc) is 2.80.